The number of piperidine rings is 1. The molecule has 0 saturated carbocycles. The number of nitrogens with one attached hydrogen (secondary N) is 1. The molecule has 0 bridgehead atoms. The quantitative estimate of drug-likeness (QED) is 0.939. The highest BCUT2D eigenvalue weighted by Gasteiger charge is 2.23. The smallest absolute Gasteiger partial charge is 0.255 e. The molecular formula is C19H23N3O2. The van der Waals surface area contributed by atoms with Crippen LogP contribution in [0.4, 0.5) is 0 Å². The van der Waals surface area contributed by atoms with Crippen molar-refractivity contribution in [2.75, 3.05) is 27.2 Å². The van der Waals surface area contributed by atoms with E-state index in [0.717, 1.165) is 42.8 Å². The van der Waals surface area contributed by atoms with Gasteiger partial charge in [0.1, 0.15) is 5.75 Å². The van der Waals surface area contributed by atoms with Crippen LogP contribution in [0.25, 0.3) is 11.1 Å². The summed E-state index contributed by atoms with van der Waals surface area (Å²) < 4.78 is 5.18. The van der Waals surface area contributed by atoms with E-state index in [9.17, 15) is 4.79 Å². The zero-order valence-electron chi connectivity index (χ0n) is 14.2. The highest BCUT2D eigenvalue weighted by Crippen LogP contribution is 2.23. The average molecular weight is 325 g/mol. The van der Waals surface area contributed by atoms with Crippen molar-refractivity contribution < 1.29 is 9.53 Å². The van der Waals surface area contributed by atoms with Crippen molar-refractivity contribution in [3.63, 3.8) is 0 Å². The topological polar surface area (TPSA) is 54.5 Å². The Morgan fingerprint density at radius 1 is 1.25 bits per heavy atom. The van der Waals surface area contributed by atoms with Crippen LogP contribution in [0, 0.1) is 0 Å². The Hall–Kier alpha value is -2.40. The molecule has 1 atom stereocenters. The number of hydrogen-bond acceptors (Lipinski definition) is 4. The number of carbonyl (C=O) groups is 1. The molecule has 1 aromatic heterocycles. The molecule has 0 radical (unpaired) electrons. The van der Waals surface area contributed by atoms with Crippen molar-refractivity contribution in [1.82, 2.24) is 15.2 Å². The molecule has 2 heterocycles. The second-order valence-electron chi connectivity index (χ2n) is 6.07. The van der Waals surface area contributed by atoms with Gasteiger partial charge >= 0.3 is 0 Å². The fourth-order valence-corrected chi connectivity index (χ4v) is 3.08. The Labute approximate surface area is 142 Å². The molecule has 0 aliphatic carbocycles. The lowest BCUT2D eigenvalue weighted by Crippen LogP contribution is -2.47. The third-order valence-corrected chi connectivity index (χ3v) is 4.53. The molecule has 3 rings (SSSR count). The van der Waals surface area contributed by atoms with E-state index in [1.807, 2.05) is 42.3 Å². The van der Waals surface area contributed by atoms with Crippen molar-refractivity contribution in [2.45, 2.75) is 18.9 Å². The molecule has 0 unspecified atom stereocenters. The van der Waals surface area contributed by atoms with Crippen molar-refractivity contribution in [2.24, 2.45) is 0 Å². The number of amides is 1. The first-order valence-corrected chi connectivity index (χ1v) is 8.27. The Morgan fingerprint density at radius 2 is 2.04 bits per heavy atom. The van der Waals surface area contributed by atoms with Gasteiger partial charge in [0.25, 0.3) is 5.91 Å². The minimum atomic E-state index is 0.0535. The van der Waals surface area contributed by atoms with Gasteiger partial charge in [0.15, 0.2) is 0 Å². The molecule has 2 aromatic rings. The number of rotatable bonds is 4. The maximum atomic E-state index is 12.8. The number of likely N-dealkylation sites (tertiary alicyclic amines) is 1. The van der Waals surface area contributed by atoms with Crippen molar-refractivity contribution in [3.05, 3.63) is 48.3 Å². The fraction of sp³-hybridized carbons (Fsp3) is 0.368. The molecule has 1 aliphatic heterocycles. The molecule has 0 spiro atoms. The summed E-state index contributed by atoms with van der Waals surface area (Å²) in [6, 6.07) is 10.1. The second kappa shape index (κ2) is 7.45. The maximum Gasteiger partial charge on any atom is 0.255 e. The van der Waals surface area contributed by atoms with E-state index in [0.29, 0.717) is 11.6 Å². The number of nitrogens with zero attached hydrogens (tertiary/aromatic N) is 2. The summed E-state index contributed by atoms with van der Waals surface area (Å²) in [4.78, 5) is 19.0. The summed E-state index contributed by atoms with van der Waals surface area (Å²) in [5.41, 5.74) is 2.59. The van der Waals surface area contributed by atoms with Gasteiger partial charge in [-0.1, -0.05) is 12.1 Å². The van der Waals surface area contributed by atoms with E-state index >= 15 is 0 Å². The van der Waals surface area contributed by atoms with Crippen LogP contribution in [0.2, 0.25) is 0 Å². The molecular weight excluding hydrogens is 302 g/mol. The van der Waals surface area contributed by atoms with E-state index in [2.05, 4.69) is 10.3 Å². The first kappa shape index (κ1) is 16.5. The number of carbonyl (C=O) groups excluding carboxylic acids is 1. The first-order valence-electron chi connectivity index (χ1n) is 8.27. The van der Waals surface area contributed by atoms with Crippen LogP contribution < -0.4 is 10.1 Å². The number of pyridine rings is 1. The summed E-state index contributed by atoms with van der Waals surface area (Å²) in [5, 5.41) is 3.27. The van der Waals surface area contributed by atoms with E-state index in [4.69, 9.17) is 4.74 Å². The standard InChI is InChI=1S/C19H23N3O2/c1-20-17-4-3-9-22(13-17)19(23)16-10-15(11-21-12-16)14-5-7-18(24-2)8-6-14/h5-8,10-12,17,20H,3-4,9,13H2,1-2H3/t17-/m0/s1. The van der Waals surface area contributed by atoms with Gasteiger partial charge in [-0.15, -0.1) is 0 Å². The van der Waals surface area contributed by atoms with Gasteiger partial charge in [0.2, 0.25) is 0 Å². The monoisotopic (exact) mass is 325 g/mol. The van der Waals surface area contributed by atoms with Crippen LogP contribution in [0.15, 0.2) is 42.7 Å². The largest absolute Gasteiger partial charge is 0.497 e. The predicted octanol–water partition coefficient (Wildman–Crippen LogP) is 2.58. The van der Waals surface area contributed by atoms with Crippen molar-refractivity contribution >= 4 is 5.91 Å². The van der Waals surface area contributed by atoms with Crippen molar-refractivity contribution in [3.8, 4) is 16.9 Å². The van der Waals surface area contributed by atoms with Crippen LogP contribution in [0.5, 0.6) is 5.75 Å². The van der Waals surface area contributed by atoms with Crippen molar-refractivity contribution in [1.29, 1.82) is 0 Å². The Morgan fingerprint density at radius 3 is 2.75 bits per heavy atom. The average Bonchev–Trinajstić information content (AvgIpc) is 2.67. The Balaban J connectivity index is 1.80. The van der Waals surface area contributed by atoms with Gasteiger partial charge in [-0.2, -0.15) is 0 Å². The van der Waals surface area contributed by atoms with Gasteiger partial charge in [-0.3, -0.25) is 9.78 Å². The Kier molecular flexibility index (Phi) is 5.11. The van der Waals surface area contributed by atoms with Crippen LogP contribution >= 0.6 is 0 Å². The molecule has 1 aliphatic rings. The number of hydrogen-bond donors (Lipinski definition) is 1. The SMILES string of the molecule is CN[C@H]1CCCN(C(=O)c2cncc(-c3ccc(OC)cc3)c2)C1. The number of likely N-dealkylation sites (N-methyl/N-ethyl adjacent to an activating group) is 1. The van der Waals surface area contributed by atoms with Gasteiger partial charge < -0.3 is 15.0 Å². The summed E-state index contributed by atoms with van der Waals surface area (Å²) in [6.45, 7) is 1.56. The number of benzene rings is 1. The van der Waals surface area contributed by atoms with Crippen LogP contribution in [0.1, 0.15) is 23.2 Å². The lowest BCUT2D eigenvalue weighted by Gasteiger charge is -2.32. The number of methoxy groups -OCH3 is 1. The lowest BCUT2D eigenvalue weighted by atomic mass is 10.0. The first-order chi connectivity index (χ1) is 11.7. The molecule has 5 heteroatoms. The molecule has 5 nitrogen and oxygen atoms in total. The molecule has 1 fully saturated rings. The van der Waals surface area contributed by atoms with Gasteiger partial charge in [0.05, 0.1) is 12.7 Å². The molecule has 126 valence electrons. The third-order valence-electron chi connectivity index (χ3n) is 4.53. The highest BCUT2D eigenvalue weighted by atomic mass is 16.5. The van der Waals surface area contributed by atoms with E-state index < -0.39 is 0 Å². The molecule has 1 N–H and O–H groups in total. The van der Waals surface area contributed by atoms with Crippen LogP contribution in [-0.4, -0.2) is 49.1 Å². The summed E-state index contributed by atoms with van der Waals surface area (Å²) in [7, 11) is 3.59. The fourth-order valence-electron chi connectivity index (χ4n) is 3.08. The van der Waals surface area contributed by atoms with E-state index in [1.165, 1.54) is 0 Å². The van der Waals surface area contributed by atoms with Crippen LogP contribution in [-0.2, 0) is 0 Å². The van der Waals surface area contributed by atoms with E-state index in [1.54, 1.807) is 19.5 Å². The molecule has 1 amide bonds. The summed E-state index contributed by atoms with van der Waals surface area (Å²) in [5.74, 6) is 0.864. The van der Waals surface area contributed by atoms with Crippen LogP contribution in [0.3, 0.4) is 0 Å². The third kappa shape index (κ3) is 3.57. The van der Waals surface area contributed by atoms with Gasteiger partial charge in [-0.25, -0.2) is 0 Å². The van der Waals surface area contributed by atoms with Gasteiger partial charge in [-0.05, 0) is 43.7 Å². The number of aromatic nitrogens is 1. The number of ether oxygens (including phenoxy) is 1. The zero-order valence-corrected chi connectivity index (χ0v) is 14.2. The van der Waals surface area contributed by atoms with Gasteiger partial charge in [0, 0.05) is 37.1 Å². The predicted molar refractivity (Wildman–Crippen MR) is 94.2 cm³/mol. The Bertz CT molecular complexity index is 700. The summed E-state index contributed by atoms with van der Waals surface area (Å²) in [6.07, 6.45) is 5.58. The lowest BCUT2D eigenvalue weighted by molar-refractivity contribution is 0.0698. The molecule has 1 saturated heterocycles. The molecule has 24 heavy (non-hydrogen) atoms. The maximum absolute atomic E-state index is 12.8. The highest BCUT2D eigenvalue weighted by molar-refractivity contribution is 5.95. The molecule has 1 aromatic carbocycles. The normalized spacial score (nSPS) is 17.6. The minimum absolute atomic E-state index is 0.0535. The minimum Gasteiger partial charge on any atom is -0.497 e. The zero-order chi connectivity index (χ0) is 16.9. The van der Waals surface area contributed by atoms with E-state index in [-0.39, 0.29) is 5.91 Å². The summed E-state index contributed by atoms with van der Waals surface area (Å²) >= 11 is 0. The second-order valence-corrected chi connectivity index (χ2v) is 6.07.